The third kappa shape index (κ3) is 2.84. The van der Waals surface area contributed by atoms with Crippen LogP contribution >= 0.6 is 23.1 Å². The highest BCUT2D eigenvalue weighted by Gasteiger charge is 2.13. The first-order chi connectivity index (χ1) is 6.45. The van der Waals surface area contributed by atoms with Crippen LogP contribution in [0.15, 0.2) is 5.51 Å². The number of anilines is 1. The number of nitrogens with zero attached hydrogens (tertiary/aromatic N) is 2. The van der Waals surface area contributed by atoms with Gasteiger partial charge in [0.15, 0.2) is 0 Å². The van der Waals surface area contributed by atoms with E-state index in [0.29, 0.717) is 0 Å². The SMILES string of the molecule is c1nnc(NCC2CCSCC2)s1. The highest BCUT2D eigenvalue weighted by molar-refractivity contribution is 7.99. The zero-order chi connectivity index (χ0) is 8.93. The first-order valence-electron chi connectivity index (χ1n) is 4.53. The molecular weight excluding hydrogens is 202 g/mol. The number of hydrogen-bond donors (Lipinski definition) is 1. The molecule has 5 heteroatoms. The third-order valence-corrected chi connectivity index (χ3v) is 3.94. The lowest BCUT2D eigenvalue weighted by molar-refractivity contribution is 0.516. The van der Waals surface area contributed by atoms with E-state index in [0.717, 1.165) is 17.6 Å². The summed E-state index contributed by atoms with van der Waals surface area (Å²) in [4.78, 5) is 0. The van der Waals surface area contributed by atoms with Gasteiger partial charge in [0.1, 0.15) is 5.51 Å². The molecule has 1 aliphatic rings. The van der Waals surface area contributed by atoms with Gasteiger partial charge in [0.2, 0.25) is 5.13 Å². The maximum Gasteiger partial charge on any atom is 0.205 e. The van der Waals surface area contributed by atoms with Gasteiger partial charge < -0.3 is 5.32 Å². The van der Waals surface area contributed by atoms with Crippen molar-refractivity contribution < 1.29 is 0 Å². The number of hydrogen-bond acceptors (Lipinski definition) is 5. The molecule has 0 unspecified atom stereocenters. The summed E-state index contributed by atoms with van der Waals surface area (Å²) in [6, 6.07) is 0. The zero-order valence-electron chi connectivity index (χ0n) is 7.40. The largest absolute Gasteiger partial charge is 0.360 e. The molecule has 1 aromatic rings. The van der Waals surface area contributed by atoms with E-state index in [1.807, 2.05) is 0 Å². The second kappa shape index (κ2) is 4.81. The van der Waals surface area contributed by atoms with Crippen molar-refractivity contribution in [3.05, 3.63) is 5.51 Å². The fourth-order valence-corrected chi connectivity index (χ4v) is 3.09. The topological polar surface area (TPSA) is 37.8 Å². The van der Waals surface area contributed by atoms with Crippen LogP contribution in [-0.2, 0) is 0 Å². The lowest BCUT2D eigenvalue weighted by atomic mass is 10.0. The summed E-state index contributed by atoms with van der Waals surface area (Å²) >= 11 is 3.64. The van der Waals surface area contributed by atoms with E-state index in [1.54, 1.807) is 16.8 Å². The zero-order valence-corrected chi connectivity index (χ0v) is 9.03. The van der Waals surface area contributed by atoms with Crippen molar-refractivity contribution in [2.24, 2.45) is 5.92 Å². The molecule has 0 atom stereocenters. The van der Waals surface area contributed by atoms with Gasteiger partial charge in [-0.3, -0.25) is 0 Å². The Bertz CT molecular complexity index is 232. The summed E-state index contributed by atoms with van der Waals surface area (Å²) in [5.74, 6) is 3.48. The van der Waals surface area contributed by atoms with Gasteiger partial charge in [0, 0.05) is 6.54 Å². The monoisotopic (exact) mass is 215 g/mol. The number of thioether (sulfide) groups is 1. The molecule has 0 bridgehead atoms. The maximum absolute atomic E-state index is 3.95. The van der Waals surface area contributed by atoms with Crippen LogP contribution in [0.5, 0.6) is 0 Å². The van der Waals surface area contributed by atoms with Crippen LogP contribution in [0.2, 0.25) is 0 Å². The number of rotatable bonds is 3. The smallest absolute Gasteiger partial charge is 0.205 e. The molecule has 1 fully saturated rings. The van der Waals surface area contributed by atoms with Crippen molar-refractivity contribution in [3.63, 3.8) is 0 Å². The quantitative estimate of drug-likeness (QED) is 0.838. The van der Waals surface area contributed by atoms with Gasteiger partial charge in [0.05, 0.1) is 0 Å². The first-order valence-corrected chi connectivity index (χ1v) is 6.56. The van der Waals surface area contributed by atoms with Crippen molar-refractivity contribution in [3.8, 4) is 0 Å². The van der Waals surface area contributed by atoms with E-state index in [9.17, 15) is 0 Å². The highest BCUT2D eigenvalue weighted by atomic mass is 32.2. The van der Waals surface area contributed by atoms with Gasteiger partial charge >= 0.3 is 0 Å². The Labute approximate surface area is 86.3 Å². The second-order valence-corrected chi connectivity index (χ2v) is 5.24. The fraction of sp³-hybridized carbons (Fsp3) is 0.750. The lowest BCUT2D eigenvalue weighted by Crippen LogP contribution is -2.18. The van der Waals surface area contributed by atoms with Crippen LogP contribution < -0.4 is 5.32 Å². The van der Waals surface area contributed by atoms with Gasteiger partial charge in [-0.2, -0.15) is 11.8 Å². The minimum atomic E-state index is 0.838. The number of nitrogens with one attached hydrogen (secondary N) is 1. The van der Waals surface area contributed by atoms with E-state index < -0.39 is 0 Å². The van der Waals surface area contributed by atoms with Crippen LogP contribution in [0.4, 0.5) is 5.13 Å². The molecular formula is C8H13N3S2. The molecule has 0 aromatic carbocycles. The van der Waals surface area contributed by atoms with E-state index in [-0.39, 0.29) is 0 Å². The van der Waals surface area contributed by atoms with Crippen molar-refractivity contribution in [1.29, 1.82) is 0 Å². The predicted molar refractivity (Wildman–Crippen MR) is 58.4 cm³/mol. The van der Waals surface area contributed by atoms with Crippen molar-refractivity contribution in [1.82, 2.24) is 10.2 Å². The fourth-order valence-electron chi connectivity index (χ4n) is 1.43. The number of aromatic nitrogens is 2. The van der Waals surface area contributed by atoms with Crippen LogP contribution in [0.3, 0.4) is 0 Å². The minimum Gasteiger partial charge on any atom is -0.360 e. The first kappa shape index (κ1) is 9.27. The molecule has 0 radical (unpaired) electrons. The lowest BCUT2D eigenvalue weighted by Gasteiger charge is -2.20. The van der Waals surface area contributed by atoms with Gasteiger partial charge in [-0.05, 0) is 30.3 Å². The summed E-state index contributed by atoms with van der Waals surface area (Å²) in [7, 11) is 0. The summed E-state index contributed by atoms with van der Waals surface area (Å²) < 4.78 is 0. The van der Waals surface area contributed by atoms with E-state index >= 15 is 0 Å². The minimum absolute atomic E-state index is 0.838. The highest BCUT2D eigenvalue weighted by Crippen LogP contribution is 2.23. The molecule has 3 nitrogen and oxygen atoms in total. The van der Waals surface area contributed by atoms with Crippen LogP contribution in [0.25, 0.3) is 0 Å². The maximum atomic E-state index is 3.95. The molecule has 1 aliphatic heterocycles. The van der Waals surface area contributed by atoms with E-state index in [4.69, 9.17) is 0 Å². The third-order valence-electron chi connectivity index (χ3n) is 2.24. The summed E-state index contributed by atoms with van der Waals surface area (Å²) in [5.41, 5.74) is 1.76. The molecule has 0 spiro atoms. The summed E-state index contributed by atoms with van der Waals surface area (Å²) in [5, 5.41) is 12.0. The Morgan fingerprint density at radius 2 is 2.31 bits per heavy atom. The molecule has 2 heterocycles. The van der Waals surface area contributed by atoms with E-state index in [1.165, 1.54) is 24.3 Å². The Hall–Kier alpha value is -0.290. The molecule has 0 saturated carbocycles. The molecule has 0 amide bonds. The van der Waals surface area contributed by atoms with Crippen molar-refractivity contribution in [2.45, 2.75) is 12.8 Å². The average molecular weight is 215 g/mol. The van der Waals surface area contributed by atoms with Gasteiger partial charge in [-0.25, -0.2) is 0 Å². The van der Waals surface area contributed by atoms with Gasteiger partial charge in [0.25, 0.3) is 0 Å². The Balaban J connectivity index is 1.72. The molecule has 1 N–H and O–H groups in total. The molecule has 72 valence electrons. The molecule has 13 heavy (non-hydrogen) atoms. The van der Waals surface area contributed by atoms with E-state index in [2.05, 4.69) is 27.3 Å². The van der Waals surface area contributed by atoms with Crippen molar-refractivity contribution >= 4 is 28.2 Å². The van der Waals surface area contributed by atoms with Crippen LogP contribution in [-0.4, -0.2) is 28.2 Å². The molecule has 2 rings (SSSR count). The Morgan fingerprint density at radius 3 is 3.00 bits per heavy atom. The summed E-state index contributed by atoms with van der Waals surface area (Å²) in [6.45, 7) is 1.07. The van der Waals surface area contributed by atoms with Gasteiger partial charge in [-0.15, -0.1) is 10.2 Å². The Kier molecular flexibility index (Phi) is 3.43. The molecule has 1 aromatic heterocycles. The molecule has 1 saturated heterocycles. The predicted octanol–water partition coefficient (Wildman–Crippen LogP) is 2.09. The standard InChI is InChI=1S/C8H13N3S2/c1-3-12-4-2-7(1)5-9-8-11-10-6-13-8/h6-7H,1-5H2,(H,9,11). The second-order valence-electron chi connectivity index (χ2n) is 3.18. The normalized spacial score (nSPS) is 18.8. The average Bonchev–Trinajstić information content (AvgIpc) is 2.69. The Morgan fingerprint density at radius 1 is 1.46 bits per heavy atom. The van der Waals surface area contributed by atoms with Gasteiger partial charge in [-0.1, -0.05) is 11.3 Å². The van der Waals surface area contributed by atoms with Crippen LogP contribution in [0, 0.1) is 5.92 Å². The van der Waals surface area contributed by atoms with Crippen molar-refractivity contribution in [2.75, 3.05) is 23.4 Å². The molecule has 0 aliphatic carbocycles. The van der Waals surface area contributed by atoms with Crippen LogP contribution in [0.1, 0.15) is 12.8 Å². The summed E-state index contributed by atoms with van der Waals surface area (Å²) in [6.07, 6.45) is 2.69.